The lowest BCUT2D eigenvalue weighted by atomic mass is 10.1. The Labute approximate surface area is 131 Å². The zero-order chi connectivity index (χ0) is 16.2. The molecule has 1 aromatic rings. The van der Waals surface area contributed by atoms with Gasteiger partial charge in [0.05, 0.1) is 31.8 Å². The van der Waals surface area contributed by atoms with Gasteiger partial charge in [-0.2, -0.15) is 0 Å². The zero-order valence-corrected chi connectivity index (χ0v) is 13.8. The first-order valence-corrected chi connectivity index (χ1v) is 7.69. The first kappa shape index (κ1) is 16.8. The predicted molar refractivity (Wildman–Crippen MR) is 82.7 cm³/mol. The lowest BCUT2D eigenvalue weighted by molar-refractivity contribution is -0.0321. The van der Waals surface area contributed by atoms with E-state index in [1.165, 1.54) is 0 Å². The van der Waals surface area contributed by atoms with Gasteiger partial charge in [-0.1, -0.05) is 0 Å². The average molecular weight is 310 g/mol. The van der Waals surface area contributed by atoms with E-state index in [2.05, 4.69) is 12.2 Å². The van der Waals surface area contributed by atoms with Crippen LogP contribution in [-0.2, 0) is 9.47 Å². The molecule has 0 saturated carbocycles. The monoisotopic (exact) mass is 310 g/mol. The first-order chi connectivity index (χ1) is 10.4. The third-order valence-electron chi connectivity index (χ3n) is 3.56. The lowest BCUT2D eigenvalue weighted by Crippen LogP contribution is -2.54. The van der Waals surface area contributed by atoms with Crippen molar-refractivity contribution >= 4 is 6.09 Å². The van der Waals surface area contributed by atoms with Gasteiger partial charge < -0.3 is 19.2 Å². The zero-order valence-electron chi connectivity index (χ0n) is 13.8. The standard InChI is InChI=1S/C16H26N2O4/c1-12(13-5-7-20-10-13)17-9-14-11-21-8-6-18(14)15(19)22-16(2,3)4/h5,7,10,12,14,17H,6,8-9,11H2,1-4H3. The smallest absolute Gasteiger partial charge is 0.410 e. The highest BCUT2D eigenvalue weighted by atomic mass is 16.6. The number of hydrogen-bond donors (Lipinski definition) is 1. The summed E-state index contributed by atoms with van der Waals surface area (Å²) in [4.78, 5) is 14.1. The predicted octanol–water partition coefficient (Wildman–Crippen LogP) is 2.57. The van der Waals surface area contributed by atoms with Crippen molar-refractivity contribution in [2.75, 3.05) is 26.3 Å². The van der Waals surface area contributed by atoms with E-state index < -0.39 is 5.60 Å². The summed E-state index contributed by atoms with van der Waals surface area (Å²) in [5.41, 5.74) is 0.595. The van der Waals surface area contributed by atoms with E-state index in [1.54, 1.807) is 17.4 Å². The second kappa shape index (κ2) is 7.15. The van der Waals surface area contributed by atoms with Gasteiger partial charge in [-0.25, -0.2) is 4.79 Å². The third-order valence-corrected chi connectivity index (χ3v) is 3.56. The number of carbonyl (C=O) groups excluding carboxylic acids is 1. The van der Waals surface area contributed by atoms with Gasteiger partial charge in [0.25, 0.3) is 0 Å². The van der Waals surface area contributed by atoms with E-state index in [4.69, 9.17) is 13.9 Å². The molecule has 0 radical (unpaired) electrons. The van der Waals surface area contributed by atoms with Gasteiger partial charge in [-0.3, -0.25) is 4.90 Å². The summed E-state index contributed by atoms with van der Waals surface area (Å²) in [6.45, 7) is 9.95. The van der Waals surface area contributed by atoms with Crippen LogP contribution in [0.25, 0.3) is 0 Å². The van der Waals surface area contributed by atoms with Crippen molar-refractivity contribution in [3.05, 3.63) is 24.2 Å². The number of amides is 1. The topological polar surface area (TPSA) is 63.9 Å². The fraction of sp³-hybridized carbons (Fsp3) is 0.688. The summed E-state index contributed by atoms with van der Waals surface area (Å²) in [6.07, 6.45) is 3.10. The summed E-state index contributed by atoms with van der Waals surface area (Å²) in [5, 5.41) is 3.41. The molecule has 0 aliphatic carbocycles. The van der Waals surface area contributed by atoms with Crippen molar-refractivity contribution in [2.45, 2.75) is 45.4 Å². The van der Waals surface area contributed by atoms with Crippen LogP contribution in [0.3, 0.4) is 0 Å². The van der Waals surface area contributed by atoms with Gasteiger partial charge in [0.15, 0.2) is 0 Å². The molecule has 2 rings (SSSR count). The SMILES string of the molecule is CC(NCC1COCCN1C(=O)OC(C)(C)C)c1ccoc1. The minimum Gasteiger partial charge on any atom is -0.472 e. The van der Waals surface area contributed by atoms with Crippen molar-refractivity contribution in [2.24, 2.45) is 0 Å². The molecular weight excluding hydrogens is 284 g/mol. The molecule has 1 aliphatic heterocycles. The summed E-state index contributed by atoms with van der Waals surface area (Å²) in [7, 11) is 0. The lowest BCUT2D eigenvalue weighted by Gasteiger charge is -2.37. The Morgan fingerprint density at radius 3 is 2.95 bits per heavy atom. The van der Waals surface area contributed by atoms with Crippen LogP contribution in [0.5, 0.6) is 0 Å². The molecular formula is C16H26N2O4. The van der Waals surface area contributed by atoms with Crippen LogP contribution in [0.4, 0.5) is 4.79 Å². The van der Waals surface area contributed by atoms with Crippen LogP contribution < -0.4 is 5.32 Å². The molecule has 1 aromatic heterocycles. The second-order valence-corrected chi connectivity index (χ2v) is 6.59. The van der Waals surface area contributed by atoms with Crippen LogP contribution in [0, 0.1) is 0 Å². The van der Waals surface area contributed by atoms with Gasteiger partial charge in [-0.05, 0) is 33.8 Å². The van der Waals surface area contributed by atoms with E-state index in [9.17, 15) is 4.79 Å². The summed E-state index contributed by atoms with van der Waals surface area (Å²) < 4.78 is 16.1. The van der Waals surface area contributed by atoms with Crippen LogP contribution in [-0.4, -0.2) is 48.9 Å². The molecule has 1 amide bonds. The maximum atomic E-state index is 12.3. The number of nitrogens with one attached hydrogen (secondary N) is 1. The molecule has 1 saturated heterocycles. The Balaban J connectivity index is 1.90. The van der Waals surface area contributed by atoms with Gasteiger partial charge in [-0.15, -0.1) is 0 Å². The molecule has 2 atom stereocenters. The third kappa shape index (κ3) is 4.74. The summed E-state index contributed by atoms with van der Waals surface area (Å²) in [5.74, 6) is 0. The minimum absolute atomic E-state index is 0.0297. The number of furan rings is 1. The van der Waals surface area contributed by atoms with Crippen molar-refractivity contribution in [3.63, 3.8) is 0 Å². The van der Waals surface area contributed by atoms with E-state index in [0.29, 0.717) is 26.3 Å². The Kier molecular flexibility index (Phi) is 5.47. The van der Waals surface area contributed by atoms with E-state index in [1.807, 2.05) is 26.8 Å². The van der Waals surface area contributed by atoms with Gasteiger partial charge >= 0.3 is 6.09 Å². The molecule has 0 bridgehead atoms. The first-order valence-electron chi connectivity index (χ1n) is 7.69. The van der Waals surface area contributed by atoms with Crippen LogP contribution in [0.1, 0.15) is 39.3 Å². The Hall–Kier alpha value is -1.53. The van der Waals surface area contributed by atoms with Crippen LogP contribution >= 0.6 is 0 Å². The van der Waals surface area contributed by atoms with Crippen molar-refractivity contribution in [1.29, 1.82) is 0 Å². The maximum Gasteiger partial charge on any atom is 0.410 e. The van der Waals surface area contributed by atoms with Crippen molar-refractivity contribution in [3.8, 4) is 0 Å². The van der Waals surface area contributed by atoms with E-state index >= 15 is 0 Å². The summed E-state index contributed by atoms with van der Waals surface area (Å²) in [6, 6.07) is 2.06. The minimum atomic E-state index is -0.489. The number of nitrogens with zero attached hydrogens (tertiary/aromatic N) is 1. The number of morpholine rings is 1. The average Bonchev–Trinajstić information content (AvgIpc) is 2.97. The number of rotatable bonds is 4. The van der Waals surface area contributed by atoms with Crippen molar-refractivity contribution < 1.29 is 18.7 Å². The molecule has 6 nitrogen and oxygen atoms in total. The molecule has 1 N–H and O–H groups in total. The molecule has 1 fully saturated rings. The highest BCUT2D eigenvalue weighted by molar-refractivity contribution is 5.68. The van der Waals surface area contributed by atoms with E-state index in [-0.39, 0.29) is 18.2 Å². The Morgan fingerprint density at radius 2 is 2.32 bits per heavy atom. The molecule has 6 heteroatoms. The Morgan fingerprint density at radius 1 is 1.55 bits per heavy atom. The molecule has 124 valence electrons. The normalized spacial score (nSPS) is 20.7. The van der Waals surface area contributed by atoms with Gasteiger partial charge in [0.1, 0.15) is 5.60 Å². The number of carbonyl (C=O) groups is 1. The number of hydrogen-bond acceptors (Lipinski definition) is 5. The highest BCUT2D eigenvalue weighted by Gasteiger charge is 2.31. The molecule has 2 heterocycles. The van der Waals surface area contributed by atoms with E-state index in [0.717, 1.165) is 5.56 Å². The highest BCUT2D eigenvalue weighted by Crippen LogP contribution is 2.16. The van der Waals surface area contributed by atoms with Crippen LogP contribution in [0.15, 0.2) is 23.0 Å². The molecule has 0 aromatic carbocycles. The fourth-order valence-electron chi connectivity index (χ4n) is 2.34. The maximum absolute atomic E-state index is 12.3. The van der Waals surface area contributed by atoms with Gasteiger partial charge in [0, 0.05) is 24.7 Å². The summed E-state index contributed by atoms with van der Waals surface area (Å²) >= 11 is 0. The van der Waals surface area contributed by atoms with Crippen LogP contribution in [0.2, 0.25) is 0 Å². The Bertz CT molecular complexity index is 467. The molecule has 2 unspecified atom stereocenters. The van der Waals surface area contributed by atoms with Crippen molar-refractivity contribution in [1.82, 2.24) is 10.2 Å². The molecule has 22 heavy (non-hydrogen) atoms. The molecule has 0 spiro atoms. The van der Waals surface area contributed by atoms with Gasteiger partial charge in [0.2, 0.25) is 0 Å². The number of ether oxygens (including phenoxy) is 2. The largest absolute Gasteiger partial charge is 0.472 e. The molecule has 1 aliphatic rings. The second-order valence-electron chi connectivity index (χ2n) is 6.59. The fourth-order valence-corrected chi connectivity index (χ4v) is 2.34. The quantitative estimate of drug-likeness (QED) is 0.926.